The van der Waals surface area contributed by atoms with Gasteiger partial charge >= 0.3 is 0 Å². The smallest absolute Gasteiger partial charge is 0.222 e. The molecule has 1 aliphatic heterocycles. The fourth-order valence-corrected chi connectivity index (χ4v) is 3.74. The molecule has 0 spiro atoms. The number of hydrogen-bond acceptors (Lipinski definition) is 2. The summed E-state index contributed by atoms with van der Waals surface area (Å²) >= 11 is 0. The molecular formula is C22H32N2O2. The van der Waals surface area contributed by atoms with E-state index < -0.39 is 0 Å². The fraction of sp³-hybridized carbons (Fsp3) is 0.636. The molecule has 0 radical (unpaired) electrons. The summed E-state index contributed by atoms with van der Waals surface area (Å²) in [7, 11) is 0. The number of likely N-dealkylation sites (tertiary alicyclic amines) is 1. The quantitative estimate of drug-likeness (QED) is 0.686. The van der Waals surface area contributed by atoms with Crippen molar-refractivity contribution >= 4 is 11.8 Å². The molecule has 1 heterocycles. The van der Waals surface area contributed by atoms with Crippen molar-refractivity contribution < 1.29 is 9.59 Å². The van der Waals surface area contributed by atoms with Gasteiger partial charge in [-0.25, -0.2) is 0 Å². The number of nitrogens with one attached hydrogen (secondary N) is 1. The van der Waals surface area contributed by atoms with Gasteiger partial charge in [-0.15, -0.1) is 0 Å². The number of hydrogen-bond donors (Lipinski definition) is 1. The van der Waals surface area contributed by atoms with Crippen LogP contribution in [0.2, 0.25) is 0 Å². The van der Waals surface area contributed by atoms with Gasteiger partial charge in [-0.3, -0.25) is 9.59 Å². The Labute approximate surface area is 157 Å². The van der Waals surface area contributed by atoms with Crippen LogP contribution in [0.25, 0.3) is 0 Å². The highest BCUT2D eigenvalue weighted by Gasteiger charge is 2.25. The van der Waals surface area contributed by atoms with Gasteiger partial charge in [-0.1, -0.05) is 30.3 Å². The van der Waals surface area contributed by atoms with E-state index in [-0.39, 0.29) is 5.91 Å². The molecule has 26 heavy (non-hydrogen) atoms. The van der Waals surface area contributed by atoms with Crippen molar-refractivity contribution in [3.63, 3.8) is 0 Å². The van der Waals surface area contributed by atoms with Crippen molar-refractivity contribution in [3.05, 3.63) is 35.9 Å². The van der Waals surface area contributed by atoms with Crippen LogP contribution in [0.15, 0.2) is 30.3 Å². The summed E-state index contributed by atoms with van der Waals surface area (Å²) < 4.78 is 0. The number of benzene rings is 1. The average molecular weight is 357 g/mol. The van der Waals surface area contributed by atoms with E-state index in [1.54, 1.807) is 0 Å². The second kappa shape index (κ2) is 9.75. The molecule has 1 aromatic rings. The van der Waals surface area contributed by atoms with Crippen LogP contribution < -0.4 is 5.32 Å². The molecule has 2 amide bonds. The Balaban J connectivity index is 1.25. The number of rotatable bonds is 9. The van der Waals surface area contributed by atoms with Gasteiger partial charge in [0.05, 0.1) is 0 Å². The first-order valence-electron chi connectivity index (χ1n) is 10.3. The summed E-state index contributed by atoms with van der Waals surface area (Å²) in [6, 6.07) is 10.9. The highest BCUT2D eigenvalue weighted by Crippen LogP contribution is 2.24. The molecule has 0 bridgehead atoms. The zero-order valence-corrected chi connectivity index (χ0v) is 15.8. The molecule has 2 fully saturated rings. The molecular weight excluding hydrogens is 324 g/mol. The van der Waals surface area contributed by atoms with Crippen molar-refractivity contribution in [1.82, 2.24) is 10.2 Å². The highest BCUT2D eigenvalue weighted by molar-refractivity contribution is 5.77. The Morgan fingerprint density at radius 1 is 0.962 bits per heavy atom. The van der Waals surface area contributed by atoms with Crippen molar-refractivity contribution in [2.24, 2.45) is 5.92 Å². The van der Waals surface area contributed by atoms with Gasteiger partial charge in [-0.2, -0.15) is 0 Å². The van der Waals surface area contributed by atoms with E-state index in [2.05, 4.69) is 29.6 Å². The van der Waals surface area contributed by atoms with Crippen molar-refractivity contribution in [2.45, 2.75) is 70.3 Å². The largest absolute Gasteiger partial charge is 0.353 e. The lowest BCUT2D eigenvalue weighted by molar-refractivity contribution is -0.133. The Bertz CT molecular complexity index is 575. The third-order valence-corrected chi connectivity index (χ3v) is 5.64. The second-order valence-corrected chi connectivity index (χ2v) is 7.90. The van der Waals surface area contributed by atoms with Gasteiger partial charge in [0, 0.05) is 32.0 Å². The van der Waals surface area contributed by atoms with E-state index in [1.807, 2.05) is 11.0 Å². The minimum absolute atomic E-state index is 0.212. The Morgan fingerprint density at radius 2 is 1.69 bits per heavy atom. The van der Waals surface area contributed by atoms with E-state index in [1.165, 1.54) is 5.56 Å². The molecule has 1 saturated heterocycles. The number of carbonyl (C=O) groups is 2. The Hall–Kier alpha value is -1.84. The third-order valence-electron chi connectivity index (χ3n) is 5.64. The van der Waals surface area contributed by atoms with Crippen LogP contribution in [-0.4, -0.2) is 35.8 Å². The molecule has 4 heteroatoms. The fourth-order valence-electron chi connectivity index (χ4n) is 3.74. The van der Waals surface area contributed by atoms with Crippen molar-refractivity contribution in [3.8, 4) is 0 Å². The number of piperidine rings is 1. The maximum Gasteiger partial charge on any atom is 0.222 e. The third kappa shape index (κ3) is 6.47. The highest BCUT2D eigenvalue weighted by atomic mass is 16.2. The van der Waals surface area contributed by atoms with Crippen LogP contribution in [0.4, 0.5) is 0 Å². The summed E-state index contributed by atoms with van der Waals surface area (Å²) in [6.45, 7) is 1.73. The minimum atomic E-state index is 0.212. The average Bonchev–Trinajstić information content (AvgIpc) is 3.48. The van der Waals surface area contributed by atoms with Crippen LogP contribution in [0, 0.1) is 5.92 Å². The van der Waals surface area contributed by atoms with Gasteiger partial charge in [0.1, 0.15) is 0 Å². The molecule has 0 aromatic heterocycles. The van der Waals surface area contributed by atoms with E-state index in [0.717, 1.165) is 64.5 Å². The van der Waals surface area contributed by atoms with Crippen LogP contribution >= 0.6 is 0 Å². The summed E-state index contributed by atoms with van der Waals surface area (Å²) in [4.78, 5) is 26.2. The molecule has 142 valence electrons. The number of unbranched alkanes of at least 4 members (excludes halogenated alkanes) is 1. The SMILES string of the molecule is O=C(CCC1CCN(C(=O)CCCCc2ccccc2)CC1)NC1CC1. The summed E-state index contributed by atoms with van der Waals surface area (Å²) in [5.74, 6) is 1.12. The van der Waals surface area contributed by atoms with Crippen LogP contribution in [-0.2, 0) is 16.0 Å². The maximum atomic E-state index is 12.4. The molecule has 0 atom stereocenters. The van der Waals surface area contributed by atoms with Gasteiger partial charge < -0.3 is 10.2 Å². The lowest BCUT2D eigenvalue weighted by Gasteiger charge is -2.32. The van der Waals surface area contributed by atoms with E-state index >= 15 is 0 Å². The first kappa shape index (κ1) is 18.9. The molecule has 3 rings (SSSR count). The molecule has 0 unspecified atom stereocenters. The summed E-state index contributed by atoms with van der Waals surface area (Å²) in [6.07, 6.45) is 9.78. The predicted octanol–water partition coefficient (Wildman–Crippen LogP) is 3.70. The lowest BCUT2D eigenvalue weighted by atomic mass is 9.92. The number of nitrogens with zero attached hydrogens (tertiary/aromatic N) is 1. The topological polar surface area (TPSA) is 49.4 Å². The molecule has 1 aliphatic carbocycles. The van der Waals surface area contributed by atoms with Gasteiger partial charge in [0.15, 0.2) is 0 Å². The maximum absolute atomic E-state index is 12.4. The van der Waals surface area contributed by atoms with Crippen molar-refractivity contribution in [1.29, 1.82) is 0 Å². The number of aryl methyl sites for hydroxylation is 1. The molecule has 2 aliphatic rings. The zero-order valence-electron chi connectivity index (χ0n) is 15.8. The second-order valence-electron chi connectivity index (χ2n) is 7.90. The summed E-state index contributed by atoms with van der Waals surface area (Å²) in [5, 5.41) is 3.06. The molecule has 1 aromatic carbocycles. The Morgan fingerprint density at radius 3 is 2.38 bits per heavy atom. The first-order chi connectivity index (χ1) is 12.7. The van der Waals surface area contributed by atoms with Crippen LogP contribution in [0.3, 0.4) is 0 Å². The van der Waals surface area contributed by atoms with E-state index in [4.69, 9.17) is 0 Å². The molecule has 4 nitrogen and oxygen atoms in total. The normalized spacial score (nSPS) is 17.9. The van der Waals surface area contributed by atoms with Gasteiger partial charge in [0.2, 0.25) is 11.8 Å². The minimum Gasteiger partial charge on any atom is -0.353 e. The van der Waals surface area contributed by atoms with E-state index in [9.17, 15) is 9.59 Å². The standard InChI is InChI=1S/C22H32N2O2/c25-21(23-20-11-12-20)13-10-19-14-16-24(17-15-19)22(26)9-5-4-8-18-6-2-1-3-7-18/h1-3,6-7,19-20H,4-5,8-17H2,(H,23,25). The van der Waals surface area contributed by atoms with Gasteiger partial charge in [0.25, 0.3) is 0 Å². The van der Waals surface area contributed by atoms with Gasteiger partial charge in [-0.05, 0) is 62.8 Å². The first-order valence-corrected chi connectivity index (χ1v) is 10.3. The van der Waals surface area contributed by atoms with Crippen LogP contribution in [0.5, 0.6) is 0 Å². The number of amides is 2. The molecule has 1 N–H and O–H groups in total. The molecule has 1 saturated carbocycles. The van der Waals surface area contributed by atoms with Crippen LogP contribution in [0.1, 0.15) is 63.4 Å². The zero-order chi connectivity index (χ0) is 18.2. The lowest BCUT2D eigenvalue weighted by Crippen LogP contribution is -2.38. The monoisotopic (exact) mass is 356 g/mol. The summed E-state index contributed by atoms with van der Waals surface area (Å²) in [5.41, 5.74) is 1.35. The number of carbonyl (C=O) groups excluding carboxylic acids is 2. The predicted molar refractivity (Wildman–Crippen MR) is 104 cm³/mol. The Kier molecular flexibility index (Phi) is 7.10. The van der Waals surface area contributed by atoms with E-state index in [0.29, 0.717) is 30.7 Å². The van der Waals surface area contributed by atoms with Crippen molar-refractivity contribution in [2.75, 3.05) is 13.1 Å².